The molecule has 1 aromatic heterocycles. The number of benzene rings is 3. The molecule has 4 N–H and O–H groups in total. The number of amides is 3. The summed E-state index contributed by atoms with van der Waals surface area (Å²) in [6.07, 6.45) is 0.135. The first-order valence-electron chi connectivity index (χ1n) is 11.7. The van der Waals surface area contributed by atoms with Crippen molar-refractivity contribution in [2.75, 3.05) is 19.1 Å². The van der Waals surface area contributed by atoms with E-state index >= 15 is 0 Å². The normalized spacial score (nSPS) is 12.1. The molecule has 198 valence electrons. The van der Waals surface area contributed by atoms with Gasteiger partial charge < -0.3 is 20.7 Å². The highest BCUT2D eigenvalue weighted by Gasteiger charge is 2.28. The molecule has 4 aromatic rings. The lowest BCUT2D eigenvalue weighted by Crippen LogP contribution is -2.53. The van der Waals surface area contributed by atoms with Crippen LogP contribution in [0.25, 0.3) is 10.9 Å². The maximum absolute atomic E-state index is 13.5. The molecule has 0 aliphatic rings. The fourth-order valence-corrected chi connectivity index (χ4v) is 5.00. The lowest BCUT2D eigenvalue weighted by Gasteiger charge is -2.25. The van der Waals surface area contributed by atoms with Crippen LogP contribution >= 0.6 is 0 Å². The molecule has 0 radical (unpaired) electrons. The summed E-state index contributed by atoms with van der Waals surface area (Å²) in [4.78, 5) is 27.8. The van der Waals surface area contributed by atoms with E-state index in [0.29, 0.717) is 22.5 Å². The number of nitrogens with one attached hydrogen (secondary N) is 2. The number of hydrogen-bond acceptors (Lipinski definition) is 7. The van der Waals surface area contributed by atoms with Crippen LogP contribution in [0.4, 0.5) is 10.5 Å². The van der Waals surface area contributed by atoms with Crippen LogP contribution in [0.1, 0.15) is 11.3 Å². The summed E-state index contributed by atoms with van der Waals surface area (Å²) in [5, 5.41) is 7.15. The second-order valence-electron chi connectivity index (χ2n) is 8.43. The first kappa shape index (κ1) is 26.6. The first-order chi connectivity index (χ1) is 18.2. The number of anilines is 1. The quantitative estimate of drug-likeness (QED) is 0.297. The maximum Gasteiger partial charge on any atom is 0.347 e. The Morgan fingerprint density at radius 1 is 1.03 bits per heavy atom. The zero-order valence-electron chi connectivity index (χ0n) is 20.9. The third-order valence-corrected chi connectivity index (χ3v) is 7.13. The Bertz CT molecular complexity index is 1540. The number of ether oxygens (including phenoxy) is 1. The number of methoxy groups -OCH3 is 1. The molecule has 0 bridgehead atoms. The SMILES string of the molecule is COc1ccc(N(C)C(=O)[C@H](Cc2ccccc2)NC(=O)NS(=O)(=O)n2nc(CN)c3ccccc32)cc1. The van der Waals surface area contributed by atoms with Crippen LogP contribution in [-0.2, 0) is 28.0 Å². The second kappa shape index (κ2) is 11.3. The number of aromatic nitrogens is 2. The minimum Gasteiger partial charge on any atom is -0.497 e. The number of carbonyl (C=O) groups is 2. The molecule has 3 aromatic carbocycles. The topological polar surface area (TPSA) is 149 Å². The Morgan fingerprint density at radius 2 is 1.68 bits per heavy atom. The van der Waals surface area contributed by atoms with Crippen molar-refractivity contribution in [2.24, 2.45) is 5.73 Å². The van der Waals surface area contributed by atoms with E-state index in [1.807, 2.05) is 35.1 Å². The van der Waals surface area contributed by atoms with Crippen molar-refractivity contribution in [3.05, 3.63) is 90.1 Å². The van der Waals surface area contributed by atoms with Gasteiger partial charge in [0.1, 0.15) is 11.8 Å². The van der Waals surface area contributed by atoms with Crippen LogP contribution in [0.15, 0.2) is 78.9 Å². The van der Waals surface area contributed by atoms with E-state index in [-0.39, 0.29) is 18.5 Å². The highest BCUT2D eigenvalue weighted by Crippen LogP contribution is 2.21. The van der Waals surface area contributed by atoms with Crippen LogP contribution in [0.2, 0.25) is 0 Å². The maximum atomic E-state index is 13.5. The van der Waals surface area contributed by atoms with E-state index in [1.54, 1.807) is 62.7 Å². The van der Waals surface area contributed by atoms with E-state index < -0.39 is 28.2 Å². The van der Waals surface area contributed by atoms with Gasteiger partial charge in [-0.05, 0) is 35.9 Å². The van der Waals surface area contributed by atoms with Gasteiger partial charge in [-0.25, -0.2) is 9.52 Å². The van der Waals surface area contributed by atoms with Crippen LogP contribution in [0.5, 0.6) is 5.75 Å². The molecule has 0 saturated heterocycles. The predicted molar refractivity (Wildman–Crippen MR) is 144 cm³/mol. The summed E-state index contributed by atoms with van der Waals surface area (Å²) in [6, 6.07) is 20.4. The summed E-state index contributed by atoms with van der Waals surface area (Å²) < 4.78 is 34.0. The summed E-state index contributed by atoms with van der Waals surface area (Å²) >= 11 is 0. The Balaban J connectivity index is 1.57. The molecular weight excluding hydrogens is 508 g/mol. The Labute approximate surface area is 220 Å². The molecule has 0 saturated carbocycles. The number of rotatable bonds is 9. The van der Waals surface area contributed by atoms with Crippen molar-refractivity contribution < 1.29 is 22.7 Å². The monoisotopic (exact) mass is 536 g/mol. The number of para-hydroxylation sites is 1. The second-order valence-corrected chi connectivity index (χ2v) is 9.93. The van der Waals surface area contributed by atoms with Crippen LogP contribution in [-0.4, -0.2) is 49.7 Å². The molecule has 3 amide bonds. The number of nitrogens with zero attached hydrogens (tertiary/aromatic N) is 3. The molecule has 0 aliphatic carbocycles. The average Bonchev–Trinajstić information content (AvgIpc) is 3.32. The van der Waals surface area contributed by atoms with Crippen molar-refractivity contribution in [1.82, 2.24) is 19.2 Å². The zero-order chi connectivity index (χ0) is 27.3. The van der Waals surface area contributed by atoms with Crippen molar-refractivity contribution in [2.45, 2.75) is 19.0 Å². The predicted octanol–water partition coefficient (Wildman–Crippen LogP) is 2.17. The highest BCUT2D eigenvalue weighted by molar-refractivity contribution is 7.88. The molecule has 0 spiro atoms. The first-order valence-corrected chi connectivity index (χ1v) is 13.1. The highest BCUT2D eigenvalue weighted by atomic mass is 32.2. The summed E-state index contributed by atoms with van der Waals surface area (Å²) in [5.74, 6) is 0.184. The number of carbonyl (C=O) groups excluding carboxylic acids is 2. The van der Waals surface area contributed by atoms with Crippen LogP contribution in [0.3, 0.4) is 0 Å². The van der Waals surface area contributed by atoms with E-state index in [4.69, 9.17) is 10.5 Å². The van der Waals surface area contributed by atoms with Crippen LogP contribution in [0, 0.1) is 0 Å². The van der Waals surface area contributed by atoms with Crippen molar-refractivity contribution >= 4 is 38.7 Å². The number of urea groups is 1. The zero-order valence-corrected chi connectivity index (χ0v) is 21.7. The van der Waals surface area contributed by atoms with Gasteiger partial charge in [0, 0.05) is 31.1 Å². The Hall–Kier alpha value is -4.42. The minimum absolute atomic E-state index is 0.0145. The number of fused-ring (bicyclic) bond motifs is 1. The standard InChI is InChI=1S/C26H28N6O5S/c1-31(19-12-14-20(37-2)15-13-19)25(33)22(16-18-8-4-3-5-9-18)28-26(34)30-38(35,36)32-24-11-7-6-10-21(24)23(17-27)29-32/h3-15,22H,16-17,27H2,1-2H3,(H2,28,30,34)/t22-/m0/s1. The third kappa shape index (κ3) is 5.76. The van der Waals surface area contributed by atoms with Gasteiger partial charge >= 0.3 is 16.2 Å². The van der Waals surface area contributed by atoms with Crippen LogP contribution < -0.4 is 25.4 Å². The molecule has 11 nitrogen and oxygen atoms in total. The van der Waals surface area contributed by atoms with E-state index in [2.05, 4.69) is 10.4 Å². The minimum atomic E-state index is -4.45. The molecule has 1 atom stereocenters. The molecular formula is C26H28N6O5S. The third-order valence-electron chi connectivity index (χ3n) is 5.95. The molecule has 1 heterocycles. The van der Waals surface area contributed by atoms with Crippen molar-refractivity contribution in [1.29, 1.82) is 0 Å². The fourth-order valence-electron chi connectivity index (χ4n) is 4.00. The fraction of sp³-hybridized carbons (Fsp3) is 0.192. The van der Waals surface area contributed by atoms with Crippen molar-refractivity contribution in [3.63, 3.8) is 0 Å². The van der Waals surface area contributed by atoms with Gasteiger partial charge in [-0.3, -0.25) is 4.79 Å². The summed E-state index contributed by atoms with van der Waals surface area (Å²) in [7, 11) is -1.34. The van der Waals surface area contributed by atoms with Gasteiger partial charge in [0.15, 0.2) is 0 Å². The van der Waals surface area contributed by atoms with Gasteiger partial charge in [0.05, 0.1) is 18.3 Å². The smallest absolute Gasteiger partial charge is 0.347 e. The molecule has 12 heteroatoms. The Kier molecular flexibility index (Phi) is 7.93. The average molecular weight is 537 g/mol. The lowest BCUT2D eigenvalue weighted by molar-refractivity contribution is -0.120. The lowest BCUT2D eigenvalue weighted by atomic mass is 10.0. The number of nitrogens with two attached hydrogens (primary N) is 1. The van der Waals surface area contributed by atoms with Gasteiger partial charge in [-0.1, -0.05) is 48.5 Å². The summed E-state index contributed by atoms with van der Waals surface area (Å²) in [5.41, 5.74) is 7.70. The molecule has 0 unspecified atom stereocenters. The number of hydrogen-bond donors (Lipinski definition) is 3. The molecule has 4 rings (SSSR count). The van der Waals surface area contributed by atoms with Gasteiger partial charge in [-0.2, -0.15) is 13.5 Å². The Morgan fingerprint density at radius 3 is 2.34 bits per heavy atom. The molecule has 0 aliphatic heterocycles. The van der Waals surface area contributed by atoms with Gasteiger partial charge in [-0.15, -0.1) is 4.09 Å². The van der Waals surface area contributed by atoms with E-state index in [9.17, 15) is 18.0 Å². The van der Waals surface area contributed by atoms with E-state index in [1.165, 1.54) is 4.90 Å². The summed E-state index contributed by atoms with van der Waals surface area (Å²) in [6.45, 7) is 0.0145. The van der Waals surface area contributed by atoms with Gasteiger partial charge in [0.25, 0.3) is 0 Å². The largest absolute Gasteiger partial charge is 0.497 e. The molecule has 38 heavy (non-hydrogen) atoms. The number of likely N-dealkylation sites (N-methyl/N-ethyl adjacent to an activating group) is 1. The van der Waals surface area contributed by atoms with Gasteiger partial charge in [0.2, 0.25) is 5.91 Å². The van der Waals surface area contributed by atoms with Crippen molar-refractivity contribution in [3.8, 4) is 5.75 Å². The van der Waals surface area contributed by atoms with E-state index in [0.717, 1.165) is 9.65 Å². The molecule has 0 fully saturated rings.